The van der Waals surface area contributed by atoms with Crippen LogP contribution in [0.2, 0.25) is 18.1 Å². The Labute approximate surface area is 163 Å². The maximum Gasteiger partial charge on any atom is 0.226 e. The van der Waals surface area contributed by atoms with Crippen LogP contribution in [-0.4, -0.2) is 39.0 Å². The van der Waals surface area contributed by atoms with Crippen molar-refractivity contribution in [2.24, 2.45) is 0 Å². The monoisotopic (exact) mass is 392 g/mol. The topological polar surface area (TPSA) is 46.2 Å². The molecule has 2 fully saturated rings. The molecular weight excluding hydrogens is 360 g/mol. The third kappa shape index (κ3) is 3.11. The number of ether oxygens (including phenoxy) is 4. The standard InChI is InChI=1S/C21H32O5Si/c1-19(2,3)27(6,7)23-13-16-17-18(26-20(4,5)25-17)21(24-16)15-11-9-8-10-14(15)12-22-21/h8-11,16-18H,12-13H2,1-7H3/t16-,17-,18-,21?/m1/s1. The number of rotatable bonds is 3. The van der Waals surface area contributed by atoms with Gasteiger partial charge in [-0.2, -0.15) is 0 Å². The summed E-state index contributed by atoms with van der Waals surface area (Å²) in [5, 5.41) is 0.144. The van der Waals surface area contributed by atoms with Gasteiger partial charge in [-0.25, -0.2) is 0 Å². The Hall–Kier alpha value is -0.763. The molecule has 1 spiro atoms. The van der Waals surface area contributed by atoms with Crippen molar-refractivity contribution in [1.82, 2.24) is 0 Å². The maximum atomic E-state index is 6.53. The lowest BCUT2D eigenvalue weighted by molar-refractivity contribution is -0.297. The third-order valence-corrected chi connectivity index (χ3v) is 10.9. The quantitative estimate of drug-likeness (QED) is 0.717. The first-order chi connectivity index (χ1) is 12.5. The molecule has 0 N–H and O–H groups in total. The van der Waals surface area contributed by atoms with Crippen LogP contribution in [0.3, 0.4) is 0 Å². The van der Waals surface area contributed by atoms with Gasteiger partial charge in [-0.1, -0.05) is 45.0 Å². The van der Waals surface area contributed by atoms with Gasteiger partial charge in [0, 0.05) is 5.56 Å². The van der Waals surface area contributed by atoms with Gasteiger partial charge in [-0.3, -0.25) is 0 Å². The highest BCUT2D eigenvalue weighted by atomic mass is 28.4. The highest BCUT2D eigenvalue weighted by Crippen LogP contribution is 2.53. The van der Waals surface area contributed by atoms with E-state index in [-0.39, 0.29) is 23.4 Å². The molecule has 27 heavy (non-hydrogen) atoms. The van der Waals surface area contributed by atoms with Crippen molar-refractivity contribution in [2.45, 2.75) is 89.2 Å². The van der Waals surface area contributed by atoms with E-state index in [2.05, 4.69) is 46.0 Å². The van der Waals surface area contributed by atoms with Crippen LogP contribution in [0.15, 0.2) is 24.3 Å². The van der Waals surface area contributed by atoms with E-state index in [1.807, 2.05) is 26.0 Å². The smallest absolute Gasteiger partial charge is 0.226 e. The van der Waals surface area contributed by atoms with Gasteiger partial charge in [-0.15, -0.1) is 0 Å². The molecule has 3 aliphatic rings. The fraction of sp³-hybridized carbons (Fsp3) is 0.714. The van der Waals surface area contributed by atoms with E-state index in [1.165, 1.54) is 0 Å². The molecule has 1 unspecified atom stereocenters. The average Bonchev–Trinajstić information content (AvgIpc) is 3.17. The van der Waals surface area contributed by atoms with E-state index in [9.17, 15) is 0 Å². The van der Waals surface area contributed by atoms with Crippen molar-refractivity contribution in [2.75, 3.05) is 6.61 Å². The molecule has 150 valence electrons. The van der Waals surface area contributed by atoms with E-state index in [4.69, 9.17) is 23.4 Å². The van der Waals surface area contributed by atoms with Gasteiger partial charge >= 0.3 is 0 Å². The minimum atomic E-state index is -1.89. The van der Waals surface area contributed by atoms with Crippen LogP contribution in [0.5, 0.6) is 0 Å². The van der Waals surface area contributed by atoms with Gasteiger partial charge in [0.2, 0.25) is 5.79 Å². The first-order valence-electron chi connectivity index (χ1n) is 9.85. The second kappa shape index (κ2) is 6.12. The SMILES string of the molecule is CC1(C)O[C@H]2[C@@H](O1)C1(OCc3ccccc31)O[C@@H]2CO[Si](C)(C)C(C)(C)C. The van der Waals surface area contributed by atoms with Gasteiger partial charge < -0.3 is 23.4 Å². The summed E-state index contributed by atoms with van der Waals surface area (Å²) in [6.45, 7) is 16.2. The van der Waals surface area contributed by atoms with Crippen molar-refractivity contribution in [3.63, 3.8) is 0 Å². The first kappa shape index (κ1) is 19.5. The summed E-state index contributed by atoms with van der Waals surface area (Å²) < 4.78 is 31.8. The molecular formula is C21H32O5Si. The Morgan fingerprint density at radius 2 is 1.81 bits per heavy atom. The van der Waals surface area contributed by atoms with Gasteiger partial charge in [0.05, 0.1) is 13.2 Å². The van der Waals surface area contributed by atoms with Crippen molar-refractivity contribution >= 4 is 8.32 Å². The first-order valence-corrected chi connectivity index (χ1v) is 12.8. The molecule has 1 aromatic carbocycles. The number of fused-ring (bicyclic) bond motifs is 4. The van der Waals surface area contributed by atoms with Gasteiger partial charge in [0.15, 0.2) is 14.1 Å². The second-order valence-electron chi connectivity index (χ2n) is 9.86. The predicted molar refractivity (Wildman–Crippen MR) is 105 cm³/mol. The molecule has 0 bridgehead atoms. The zero-order chi connectivity index (χ0) is 19.7. The van der Waals surface area contributed by atoms with Crippen molar-refractivity contribution in [1.29, 1.82) is 0 Å². The average molecular weight is 393 g/mol. The molecule has 2 saturated heterocycles. The molecule has 3 heterocycles. The van der Waals surface area contributed by atoms with Crippen LogP contribution in [-0.2, 0) is 35.8 Å². The van der Waals surface area contributed by atoms with Crippen LogP contribution >= 0.6 is 0 Å². The summed E-state index contributed by atoms with van der Waals surface area (Å²) >= 11 is 0. The predicted octanol–water partition coefficient (Wildman–Crippen LogP) is 4.31. The molecule has 4 rings (SSSR count). The Morgan fingerprint density at radius 1 is 1.11 bits per heavy atom. The van der Waals surface area contributed by atoms with Crippen LogP contribution in [0, 0.1) is 0 Å². The number of hydrogen-bond donors (Lipinski definition) is 0. The molecule has 0 aromatic heterocycles. The number of benzene rings is 1. The molecule has 5 nitrogen and oxygen atoms in total. The van der Waals surface area contributed by atoms with Gasteiger partial charge in [-0.05, 0) is 37.5 Å². The lowest BCUT2D eigenvalue weighted by Crippen LogP contribution is -2.44. The van der Waals surface area contributed by atoms with Crippen LogP contribution < -0.4 is 0 Å². The van der Waals surface area contributed by atoms with Crippen LogP contribution in [0.25, 0.3) is 0 Å². The lowest BCUT2D eigenvalue weighted by Gasteiger charge is -2.37. The molecule has 0 aliphatic carbocycles. The Bertz CT molecular complexity index is 726. The van der Waals surface area contributed by atoms with E-state index < -0.39 is 19.9 Å². The van der Waals surface area contributed by atoms with Gasteiger partial charge in [0.1, 0.15) is 18.3 Å². The van der Waals surface area contributed by atoms with E-state index in [1.54, 1.807) is 0 Å². The zero-order valence-corrected chi connectivity index (χ0v) is 18.5. The highest BCUT2D eigenvalue weighted by Gasteiger charge is 2.66. The summed E-state index contributed by atoms with van der Waals surface area (Å²) in [4.78, 5) is 0. The molecule has 0 amide bonds. The fourth-order valence-corrected chi connectivity index (χ4v) is 4.95. The molecule has 6 heteroatoms. The third-order valence-electron chi connectivity index (χ3n) is 6.45. The fourth-order valence-electron chi connectivity index (χ4n) is 3.93. The summed E-state index contributed by atoms with van der Waals surface area (Å²) in [5.41, 5.74) is 2.20. The largest absolute Gasteiger partial charge is 0.414 e. The number of hydrogen-bond acceptors (Lipinski definition) is 5. The van der Waals surface area contributed by atoms with Crippen LogP contribution in [0.1, 0.15) is 45.7 Å². The van der Waals surface area contributed by atoms with Crippen molar-refractivity contribution < 1.29 is 23.4 Å². The van der Waals surface area contributed by atoms with E-state index >= 15 is 0 Å². The van der Waals surface area contributed by atoms with E-state index in [0.717, 1.165) is 11.1 Å². The Balaban J connectivity index is 1.62. The molecule has 4 atom stereocenters. The molecule has 3 aliphatic heterocycles. The molecule has 1 aromatic rings. The van der Waals surface area contributed by atoms with E-state index in [0.29, 0.717) is 13.2 Å². The summed E-state index contributed by atoms with van der Waals surface area (Å²) in [5.74, 6) is -1.57. The van der Waals surface area contributed by atoms with Crippen LogP contribution in [0.4, 0.5) is 0 Å². The normalized spacial score (nSPS) is 34.9. The zero-order valence-electron chi connectivity index (χ0n) is 17.5. The lowest BCUT2D eigenvalue weighted by atomic mass is 9.96. The minimum absolute atomic E-state index is 0.144. The minimum Gasteiger partial charge on any atom is -0.414 e. The van der Waals surface area contributed by atoms with Crippen molar-refractivity contribution in [3.05, 3.63) is 35.4 Å². The molecule has 0 radical (unpaired) electrons. The summed E-state index contributed by atoms with van der Waals surface area (Å²) in [6, 6.07) is 8.21. The Kier molecular flexibility index (Phi) is 4.43. The van der Waals surface area contributed by atoms with Crippen molar-refractivity contribution in [3.8, 4) is 0 Å². The maximum absolute atomic E-state index is 6.53. The second-order valence-corrected chi connectivity index (χ2v) is 14.7. The summed E-state index contributed by atoms with van der Waals surface area (Å²) in [7, 11) is -1.89. The Morgan fingerprint density at radius 3 is 2.52 bits per heavy atom. The highest BCUT2D eigenvalue weighted by molar-refractivity contribution is 6.74. The van der Waals surface area contributed by atoms with Gasteiger partial charge in [0.25, 0.3) is 0 Å². The molecule has 0 saturated carbocycles. The summed E-state index contributed by atoms with van der Waals surface area (Å²) in [6.07, 6.45) is -0.739.